The van der Waals surface area contributed by atoms with Crippen LogP contribution in [0.15, 0.2) is 55.5 Å². The molecule has 1 amide bonds. The Kier molecular flexibility index (Phi) is 6.00. The molecule has 33 heavy (non-hydrogen) atoms. The fraction of sp³-hybridized carbons (Fsp3) is 0.400. The largest absolute Gasteiger partial charge is 0.369 e. The first-order valence-corrected chi connectivity index (χ1v) is 11.7. The van der Waals surface area contributed by atoms with Gasteiger partial charge in [-0.1, -0.05) is 6.58 Å². The summed E-state index contributed by atoms with van der Waals surface area (Å²) in [6.45, 7) is 9.41. The topological polar surface area (TPSA) is 69.0 Å². The van der Waals surface area contributed by atoms with Crippen LogP contribution in [0.3, 0.4) is 0 Å². The second kappa shape index (κ2) is 9.23. The first-order chi connectivity index (χ1) is 16.1. The highest BCUT2D eigenvalue weighted by atomic mass is 16.2. The van der Waals surface area contributed by atoms with Crippen molar-refractivity contribution in [2.45, 2.75) is 18.8 Å². The molecule has 1 N–H and O–H groups in total. The number of nitrogens with one attached hydrogen (secondary N) is 1. The number of amides is 1. The van der Waals surface area contributed by atoms with Crippen molar-refractivity contribution in [3.8, 4) is 0 Å². The summed E-state index contributed by atoms with van der Waals surface area (Å²) in [5, 5.41) is 3.43. The van der Waals surface area contributed by atoms with Gasteiger partial charge in [0.25, 0.3) is 0 Å². The maximum atomic E-state index is 12.1. The third kappa shape index (κ3) is 4.57. The summed E-state index contributed by atoms with van der Waals surface area (Å²) < 4.78 is 2.10. The van der Waals surface area contributed by atoms with Gasteiger partial charge >= 0.3 is 0 Å². The van der Waals surface area contributed by atoms with Crippen LogP contribution in [0.4, 0.5) is 17.2 Å². The van der Waals surface area contributed by atoms with Crippen LogP contribution in [-0.2, 0) is 4.79 Å². The second-order valence-electron chi connectivity index (χ2n) is 8.97. The van der Waals surface area contributed by atoms with E-state index in [4.69, 9.17) is 0 Å². The van der Waals surface area contributed by atoms with Crippen LogP contribution in [0.1, 0.15) is 24.5 Å². The van der Waals surface area contributed by atoms with Crippen LogP contribution in [-0.4, -0.2) is 76.4 Å². The Balaban J connectivity index is 1.31. The van der Waals surface area contributed by atoms with Crippen LogP contribution in [0.5, 0.6) is 0 Å². The number of fused-ring (bicyclic) bond motifs is 1. The van der Waals surface area contributed by atoms with Gasteiger partial charge in [0.15, 0.2) is 5.65 Å². The molecule has 172 valence electrons. The molecule has 0 bridgehead atoms. The van der Waals surface area contributed by atoms with Gasteiger partial charge in [-0.25, -0.2) is 9.97 Å². The van der Waals surface area contributed by atoms with E-state index >= 15 is 0 Å². The van der Waals surface area contributed by atoms with E-state index in [1.165, 1.54) is 11.8 Å². The molecule has 3 aromatic rings. The molecule has 2 aliphatic rings. The molecule has 8 nitrogen and oxygen atoms in total. The van der Waals surface area contributed by atoms with Crippen molar-refractivity contribution in [3.05, 3.63) is 61.2 Å². The minimum absolute atomic E-state index is 0.00226. The molecule has 1 atom stereocenters. The van der Waals surface area contributed by atoms with E-state index in [0.29, 0.717) is 6.54 Å². The SMILES string of the molecule is C=CC(=O)N1CCCC(c2cnc3cnc(Nc4ccc(N5CCN(C)CC5)cc4)cn23)C1. The number of piperazine rings is 1. The van der Waals surface area contributed by atoms with Gasteiger partial charge in [-0.3, -0.25) is 9.20 Å². The van der Waals surface area contributed by atoms with Crippen molar-refractivity contribution < 1.29 is 4.79 Å². The lowest BCUT2D eigenvalue weighted by Gasteiger charge is -2.34. The van der Waals surface area contributed by atoms with Crippen LogP contribution in [0, 0.1) is 0 Å². The molecule has 2 saturated heterocycles. The molecule has 1 unspecified atom stereocenters. The molecule has 2 aliphatic heterocycles. The number of anilines is 3. The highest BCUT2D eigenvalue weighted by Gasteiger charge is 2.26. The zero-order valence-electron chi connectivity index (χ0n) is 19.2. The van der Waals surface area contributed by atoms with Crippen molar-refractivity contribution in [2.24, 2.45) is 0 Å². The fourth-order valence-corrected chi connectivity index (χ4v) is 4.79. The molecule has 0 radical (unpaired) electrons. The molecule has 8 heteroatoms. The lowest BCUT2D eigenvalue weighted by Crippen LogP contribution is -2.44. The maximum absolute atomic E-state index is 12.1. The fourth-order valence-electron chi connectivity index (χ4n) is 4.79. The molecule has 4 heterocycles. The monoisotopic (exact) mass is 445 g/mol. The standard InChI is InChI=1S/C25H31N7O/c1-3-25(33)31-10-4-5-19(17-31)22-15-27-24-16-26-23(18-32(22)24)28-20-6-8-21(9-7-20)30-13-11-29(2)12-14-30/h3,6-9,15-16,18-19,28H,1,4-5,10-14,17H2,2H3. The second-order valence-corrected chi connectivity index (χ2v) is 8.97. The highest BCUT2D eigenvalue weighted by Crippen LogP contribution is 2.28. The third-order valence-corrected chi connectivity index (χ3v) is 6.76. The molecule has 2 fully saturated rings. The van der Waals surface area contributed by atoms with Crippen LogP contribution >= 0.6 is 0 Å². The predicted molar refractivity (Wildman–Crippen MR) is 131 cm³/mol. The number of benzene rings is 1. The summed E-state index contributed by atoms with van der Waals surface area (Å²) in [5.41, 5.74) is 4.18. The number of nitrogens with zero attached hydrogens (tertiary/aromatic N) is 6. The van der Waals surface area contributed by atoms with Gasteiger partial charge in [-0.2, -0.15) is 0 Å². The lowest BCUT2D eigenvalue weighted by molar-refractivity contribution is -0.127. The number of carbonyl (C=O) groups is 1. The van der Waals surface area contributed by atoms with Gasteiger partial charge in [0.1, 0.15) is 5.82 Å². The summed E-state index contributed by atoms with van der Waals surface area (Å²) in [4.78, 5) is 27.9. The van der Waals surface area contributed by atoms with E-state index in [2.05, 4.69) is 67.4 Å². The average molecular weight is 446 g/mol. The van der Waals surface area contributed by atoms with Crippen molar-refractivity contribution in [1.82, 2.24) is 24.2 Å². The van der Waals surface area contributed by atoms with E-state index < -0.39 is 0 Å². The molecule has 0 aliphatic carbocycles. The number of hydrogen-bond donors (Lipinski definition) is 1. The van der Waals surface area contributed by atoms with Gasteiger partial charge < -0.3 is 20.0 Å². The highest BCUT2D eigenvalue weighted by molar-refractivity contribution is 5.87. The van der Waals surface area contributed by atoms with Crippen LogP contribution < -0.4 is 10.2 Å². The van der Waals surface area contributed by atoms with Crippen LogP contribution in [0.25, 0.3) is 5.65 Å². The van der Waals surface area contributed by atoms with Gasteiger partial charge in [-0.05, 0) is 50.2 Å². The number of aromatic nitrogens is 3. The van der Waals surface area contributed by atoms with Crippen molar-refractivity contribution in [2.75, 3.05) is 56.5 Å². The van der Waals surface area contributed by atoms with Crippen LogP contribution in [0.2, 0.25) is 0 Å². The Morgan fingerprint density at radius 3 is 2.64 bits per heavy atom. The molecule has 2 aromatic heterocycles. The summed E-state index contributed by atoms with van der Waals surface area (Å²) in [5.74, 6) is 1.01. The first kappa shape index (κ1) is 21.5. The van der Waals surface area contributed by atoms with E-state index in [-0.39, 0.29) is 11.8 Å². The third-order valence-electron chi connectivity index (χ3n) is 6.76. The van der Waals surface area contributed by atoms with Crippen molar-refractivity contribution >= 4 is 28.7 Å². The molecular formula is C25H31N7O. The Bertz CT molecular complexity index is 1130. The van der Waals surface area contributed by atoms with Gasteiger partial charge in [0.2, 0.25) is 5.91 Å². The van der Waals surface area contributed by atoms with Gasteiger partial charge in [0, 0.05) is 68.5 Å². The number of hydrogen-bond acceptors (Lipinski definition) is 6. The van der Waals surface area contributed by atoms with Gasteiger partial charge in [0.05, 0.1) is 12.4 Å². The van der Waals surface area contributed by atoms with E-state index in [9.17, 15) is 4.79 Å². The van der Waals surface area contributed by atoms with Gasteiger partial charge in [-0.15, -0.1) is 0 Å². The number of likely N-dealkylation sites (tertiary alicyclic amines) is 1. The summed E-state index contributed by atoms with van der Waals surface area (Å²) in [6, 6.07) is 8.55. The minimum atomic E-state index is -0.00226. The summed E-state index contributed by atoms with van der Waals surface area (Å²) in [6.07, 6.45) is 9.12. The Morgan fingerprint density at radius 1 is 1.09 bits per heavy atom. The minimum Gasteiger partial charge on any atom is -0.369 e. The smallest absolute Gasteiger partial charge is 0.245 e. The maximum Gasteiger partial charge on any atom is 0.245 e. The predicted octanol–water partition coefficient (Wildman–Crippen LogP) is 3.12. The van der Waals surface area contributed by atoms with Crippen molar-refractivity contribution in [3.63, 3.8) is 0 Å². The molecule has 1 aromatic carbocycles. The van der Waals surface area contributed by atoms with E-state index in [1.54, 1.807) is 6.20 Å². The summed E-state index contributed by atoms with van der Waals surface area (Å²) >= 11 is 0. The summed E-state index contributed by atoms with van der Waals surface area (Å²) in [7, 11) is 2.17. The van der Waals surface area contributed by atoms with E-state index in [0.717, 1.165) is 68.4 Å². The lowest BCUT2D eigenvalue weighted by atomic mass is 9.95. The van der Waals surface area contributed by atoms with E-state index in [1.807, 2.05) is 17.3 Å². The molecular weight excluding hydrogens is 414 g/mol. The zero-order chi connectivity index (χ0) is 22.8. The Morgan fingerprint density at radius 2 is 1.88 bits per heavy atom. The Hall–Kier alpha value is -3.39. The normalized spacial score (nSPS) is 19.6. The number of rotatable bonds is 5. The molecule has 0 saturated carbocycles. The number of carbonyl (C=O) groups excluding carboxylic acids is 1. The molecule has 5 rings (SSSR count). The number of piperidine rings is 1. The first-order valence-electron chi connectivity index (χ1n) is 11.7. The Labute approximate surface area is 194 Å². The van der Waals surface area contributed by atoms with Crippen molar-refractivity contribution in [1.29, 1.82) is 0 Å². The zero-order valence-corrected chi connectivity index (χ0v) is 19.2. The number of likely N-dealkylation sites (N-methyl/N-ethyl adjacent to an activating group) is 1. The molecule has 0 spiro atoms. The quantitative estimate of drug-likeness (QED) is 0.609. The number of imidazole rings is 1. The average Bonchev–Trinajstić information content (AvgIpc) is 3.28.